The van der Waals surface area contributed by atoms with Gasteiger partial charge in [-0.25, -0.2) is 9.37 Å². The van der Waals surface area contributed by atoms with E-state index in [9.17, 15) is 22.4 Å². The van der Waals surface area contributed by atoms with Crippen molar-refractivity contribution in [2.75, 3.05) is 13.7 Å². The zero-order chi connectivity index (χ0) is 16.0. The van der Waals surface area contributed by atoms with Gasteiger partial charge >= 0.3 is 12.3 Å². The number of esters is 1. The minimum atomic E-state index is -5.02. The first-order valence-corrected chi connectivity index (χ1v) is 5.84. The molecule has 0 fully saturated rings. The summed E-state index contributed by atoms with van der Waals surface area (Å²) in [5.74, 6) is -2.11. The molecule has 0 spiro atoms. The van der Waals surface area contributed by atoms with Crippen molar-refractivity contribution in [3.05, 3.63) is 17.3 Å². The lowest BCUT2D eigenvalue weighted by Crippen LogP contribution is -2.20. The zero-order valence-corrected chi connectivity index (χ0v) is 11.3. The molecule has 1 heterocycles. The fourth-order valence-corrected chi connectivity index (χ4v) is 1.56. The fraction of sp³-hybridized carbons (Fsp3) is 0.500. The maximum absolute atomic E-state index is 12.9. The summed E-state index contributed by atoms with van der Waals surface area (Å²) in [7, 11) is 1.06. The van der Waals surface area contributed by atoms with E-state index >= 15 is 0 Å². The smallest absolute Gasteiger partial charge is 0.491 e. The summed E-state index contributed by atoms with van der Waals surface area (Å²) in [6.07, 6.45) is -5.42. The Labute approximate surface area is 117 Å². The second kappa shape index (κ2) is 7.09. The van der Waals surface area contributed by atoms with Gasteiger partial charge in [-0.05, 0) is 13.0 Å². The highest BCUT2D eigenvalue weighted by Gasteiger charge is 2.34. The van der Waals surface area contributed by atoms with Crippen LogP contribution >= 0.6 is 0 Å². The fourth-order valence-electron chi connectivity index (χ4n) is 1.56. The third-order valence-corrected chi connectivity index (χ3v) is 2.26. The summed E-state index contributed by atoms with van der Waals surface area (Å²) >= 11 is 0. The molecule has 0 aliphatic rings. The van der Waals surface area contributed by atoms with Gasteiger partial charge in [-0.2, -0.15) is 0 Å². The molecule has 0 bridgehead atoms. The van der Waals surface area contributed by atoms with Crippen LogP contribution in [-0.2, 0) is 22.6 Å². The van der Waals surface area contributed by atoms with Gasteiger partial charge in [0.2, 0.25) is 0 Å². The largest absolute Gasteiger partial charge is 0.574 e. The van der Waals surface area contributed by atoms with Gasteiger partial charge in [0.15, 0.2) is 5.75 Å². The van der Waals surface area contributed by atoms with Gasteiger partial charge in [-0.3, -0.25) is 4.79 Å². The second-order valence-corrected chi connectivity index (χ2v) is 3.77. The lowest BCUT2D eigenvalue weighted by Gasteiger charge is -2.15. The van der Waals surface area contributed by atoms with Crippen LogP contribution < -0.4 is 9.47 Å². The van der Waals surface area contributed by atoms with Gasteiger partial charge < -0.3 is 14.2 Å². The van der Waals surface area contributed by atoms with Gasteiger partial charge in [0.05, 0.1) is 25.8 Å². The minimum absolute atomic E-state index is 0.108. The first-order chi connectivity index (χ1) is 9.80. The van der Waals surface area contributed by atoms with Crippen molar-refractivity contribution in [1.82, 2.24) is 4.98 Å². The van der Waals surface area contributed by atoms with E-state index in [2.05, 4.69) is 19.2 Å². The molecule has 0 N–H and O–H groups in total. The number of carbonyl (C=O) groups excluding carboxylic acids is 1. The summed E-state index contributed by atoms with van der Waals surface area (Å²) in [4.78, 5) is 14.8. The van der Waals surface area contributed by atoms with Gasteiger partial charge in [-0.1, -0.05) is 0 Å². The van der Waals surface area contributed by atoms with Gasteiger partial charge in [0, 0.05) is 5.56 Å². The Bertz CT molecular complexity index is 505. The van der Waals surface area contributed by atoms with Crippen molar-refractivity contribution in [1.29, 1.82) is 0 Å². The van der Waals surface area contributed by atoms with E-state index in [0.29, 0.717) is 0 Å². The van der Waals surface area contributed by atoms with Crippen molar-refractivity contribution >= 4 is 5.97 Å². The Balaban J connectivity index is 3.16. The van der Waals surface area contributed by atoms with Gasteiger partial charge in [0.25, 0.3) is 5.88 Å². The van der Waals surface area contributed by atoms with Crippen molar-refractivity contribution in [2.24, 2.45) is 0 Å². The highest BCUT2D eigenvalue weighted by atomic mass is 19.4. The molecule has 0 aliphatic carbocycles. The van der Waals surface area contributed by atoms with E-state index in [0.717, 1.165) is 13.2 Å². The summed E-state index contributed by atoms with van der Waals surface area (Å²) in [5.41, 5.74) is -0.313. The molecule has 118 valence electrons. The number of halogens is 4. The molecule has 0 atom stereocenters. The Morgan fingerprint density at radius 3 is 2.52 bits per heavy atom. The number of rotatable bonds is 6. The Morgan fingerprint density at radius 1 is 1.38 bits per heavy atom. The SMILES string of the molecule is CCOC(=O)Cc1cc(CF)c(OC)c(OC(F)(F)F)n1. The van der Waals surface area contributed by atoms with Crippen molar-refractivity contribution in [3.8, 4) is 11.6 Å². The maximum Gasteiger partial charge on any atom is 0.574 e. The second-order valence-electron chi connectivity index (χ2n) is 3.77. The van der Waals surface area contributed by atoms with Gasteiger partial charge in [-0.15, -0.1) is 13.2 Å². The van der Waals surface area contributed by atoms with Gasteiger partial charge in [0.1, 0.15) is 6.67 Å². The number of ether oxygens (including phenoxy) is 3. The van der Waals surface area contributed by atoms with Crippen molar-refractivity contribution < 1.29 is 36.6 Å². The van der Waals surface area contributed by atoms with E-state index in [4.69, 9.17) is 0 Å². The van der Waals surface area contributed by atoms with E-state index < -0.39 is 37.1 Å². The molecule has 0 saturated carbocycles. The molecule has 1 aromatic heterocycles. The van der Waals surface area contributed by atoms with Crippen LogP contribution in [0.3, 0.4) is 0 Å². The molecule has 9 heteroatoms. The lowest BCUT2D eigenvalue weighted by molar-refractivity contribution is -0.276. The van der Waals surface area contributed by atoms with Crippen LogP contribution in [0, 0.1) is 0 Å². The zero-order valence-electron chi connectivity index (χ0n) is 11.3. The number of pyridine rings is 1. The third kappa shape index (κ3) is 5.09. The molecule has 5 nitrogen and oxygen atoms in total. The highest BCUT2D eigenvalue weighted by molar-refractivity contribution is 5.72. The van der Waals surface area contributed by atoms with Crippen LogP contribution in [0.5, 0.6) is 11.6 Å². The molecule has 0 amide bonds. The quantitative estimate of drug-likeness (QED) is 0.597. The number of hydrogen-bond acceptors (Lipinski definition) is 5. The molecule has 0 unspecified atom stereocenters. The Kier molecular flexibility index (Phi) is 5.74. The molecular formula is C12H13F4NO4. The lowest BCUT2D eigenvalue weighted by atomic mass is 10.2. The van der Waals surface area contributed by atoms with E-state index in [1.807, 2.05) is 0 Å². The summed E-state index contributed by atoms with van der Waals surface area (Å²) in [6.45, 7) is 0.580. The molecule has 21 heavy (non-hydrogen) atoms. The Morgan fingerprint density at radius 2 is 2.05 bits per heavy atom. The summed E-state index contributed by atoms with van der Waals surface area (Å²) in [6, 6.07) is 1.12. The van der Waals surface area contributed by atoms with E-state index in [1.54, 1.807) is 6.92 Å². The number of nitrogens with zero attached hydrogens (tertiary/aromatic N) is 1. The number of carbonyl (C=O) groups is 1. The molecular weight excluding hydrogens is 298 g/mol. The monoisotopic (exact) mass is 311 g/mol. The summed E-state index contributed by atoms with van der Waals surface area (Å²) < 4.78 is 62.8. The highest BCUT2D eigenvalue weighted by Crippen LogP contribution is 2.34. The van der Waals surface area contributed by atoms with E-state index in [-0.39, 0.29) is 17.9 Å². The molecule has 0 aliphatic heterocycles. The maximum atomic E-state index is 12.9. The molecule has 0 saturated heterocycles. The topological polar surface area (TPSA) is 57.7 Å². The number of methoxy groups -OCH3 is 1. The van der Waals surface area contributed by atoms with Crippen molar-refractivity contribution in [3.63, 3.8) is 0 Å². The predicted molar refractivity (Wildman–Crippen MR) is 62.6 cm³/mol. The first kappa shape index (κ1) is 17.0. The van der Waals surface area contributed by atoms with Crippen LogP contribution in [0.25, 0.3) is 0 Å². The van der Waals surface area contributed by atoms with E-state index in [1.165, 1.54) is 0 Å². The van der Waals surface area contributed by atoms with Crippen LogP contribution in [0.2, 0.25) is 0 Å². The molecule has 1 aromatic rings. The number of aromatic nitrogens is 1. The van der Waals surface area contributed by atoms with Crippen molar-refractivity contribution in [2.45, 2.75) is 26.4 Å². The normalized spacial score (nSPS) is 11.1. The molecule has 1 rings (SSSR count). The minimum Gasteiger partial charge on any atom is -0.491 e. The predicted octanol–water partition coefficient (Wildman–Crippen LogP) is 2.56. The number of alkyl halides is 4. The van der Waals surface area contributed by atoms with Crippen LogP contribution in [0.15, 0.2) is 6.07 Å². The Hall–Kier alpha value is -2.06. The molecule has 0 aromatic carbocycles. The standard InChI is InChI=1S/C12H13F4NO4/c1-3-20-9(18)5-8-4-7(6-13)10(19-2)11(17-8)21-12(14,15)16/h4H,3,5-6H2,1-2H3. The first-order valence-electron chi connectivity index (χ1n) is 5.84. The number of hydrogen-bond donors (Lipinski definition) is 0. The average Bonchev–Trinajstić information content (AvgIpc) is 2.36. The average molecular weight is 311 g/mol. The van der Waals surface area contributed by atoms with Crippen LogP contribution in [0.1, 0.15) is 18.2 Å². The van der Waals surface area contributed by atoms with Crippen LogP contribution in [0.4, 0.5) is 17.6 Å². The molecule has 0 radical (unpaired) electrons. The summed E-state index contributed by atoms with van der Waals surface area (Å²) in [5, 5.41) is 0. The third-order valence-electron chi connectivity index (χ3n) is 2.26. The van der Waals surface area contributed by atoms with Crippen LogP contribution in [-0.4, -0.2) is 31.0 Å².